The first-order chi connectivity index (χ1) is 12.1. The van der Waals surface area contributed by atoms with Crippen molar-refractivity contribution in [3.63, 3.8) is 0 Å². The molecule has 0 saturated heterocycles. The molecule has 0 radical (unpaired) electrons. The third-order valence-corrected chi connectivity index (χ3v) is 4.89. The molecule has 128 valence electrons. The van der Waals surface area contributed by atoms with Crippen LogP contribution in [0.4, 0.5) is 5.95 Å². The van der Waals surface area contributed by atoms with Gasteiger partial charge in [0.1, 0.15) is 0 Å². The molecule has 6 nitrogen and oxygen atoms in total. The Balaban J connectivity index is 1.49. The maximum Gasteiger partial charge on any atom is 0.243 e. The van der Waals surface area contributed by atoms with Gasteiger partial charge in [-0.25, -0.2) is 0 Å². The molecule has 1 aromatic carbocycles. The summed E-state index contributed by atoms with van der Waals surface area (Å²) in [5, 5.41) is 11.1. The van der Waals surface area contributed by atoms with Gasteiger partial charge in [-0.1, -0.05) is 24.3 Å². The number of nitrogens with zero attached hydrogens (tertiary/aromatic N) is 4. The van der Waals surface area contributed by atoms with Crippen molar-refractivity contribution in [1.82, 2.24) is 19.5 Å². The first-order valence-corrected chi connectivity index (χ1v) is 8.55. The van der Waals surface area contributed by atoms with Crippen LogP contribution in [-0.4, -0.2) is 38.0 Å². The molecule has 3 aromatic rings. The molecule has 1 unspecified atom stereocenters. The number of benzene rings is 1. The van der Waals surface area contributed by atoms with E-state index in [4.69, 9.17) is 0 Å². The highest BCUT2D eigenvalue weighted by molar-refractivity contribution is 5.93. The van der Waals surface area contributed by atoms with Crippen LogP contribution in [0.25, 0.3) is 5.65 Å². The second kappa shape index (κ2) is 6.29. The summed E-state index contributed by atoms with van der Waals surface area (Å²) in [6.07, 6.45) is 2.85. The lowest BCUT2D eigenvalue weighted by molar-refractivity contribution is -0.121. The summed E-state index contributed by atoms with van der Waals surface area (Å²) in [5.41, 5.74) is 4.52. The summed E-state index contributed by atoms with van der Waals surface area (Å²) in [5.74, 6) is 0.401. The molecular formula is C19H21N5O. The normalized spacial score (nSPS) is 15.8. The number of carbonyl (C=O) groups is 1. The molecule has 1 N–H and O–H groups in total. The lowest BCUT2D eigenvalue weighted by Gasteiger charge is -2.32. The summed E-state index contributed by atoms with van der Waals surface area (Å²) < 4.78 is 1.79. The Labute approximate surface area is 146 Å². The van der Waals surface area contributed by atoms with Crippen LogP contribution < -0.4 is 5.32 Å². The van der Waals surface area contributed by atoms with Gasteiger partial charge in [-0.15, -0.1) is 10.2 Å². The van der Waals surface area contributed by atoms with Gasteiger partial charge < -0.3 is 0 Å². The third kappa shape index (κ3) is 3.00. The van der Waals surface area contributed by atoms with E-state index in [0.29, 0.717) is 5.95 Å². The number of rotatable bonds is 3. The van der Waals surface area contributed by atoms with Gasteiger partial charge in [0.15, 0.2) is 5.65 Å². The predicted octanol–water partition coefficient (Wildman–Crippen LogP) is 2.42. The molecule has 1 atom stereocenters. The number of hydrogen-bond donors (Lipinski definition) is 1. The summed E-state index contributed by atoms with van der Waals surface area (Å²) in [6, 6.07) is 12.1. The molecule has 0 aliphatic carbocycles. The number of aromatic nitrogens is 3. The summed E-state index contributed by atoms with van der Waals surface area (Å²) in [4.78, 5) is 14.9. The number of carbonyl (C=O) groups excluding carboxylic acids is 1. The maximum absolute atomic E-state index is 12.7. The first kappa shape index (κ1) is 15.8. The number of hydrogen-bond acceptors (Lipinski definition) is 4. The molecule has 25 heavy (non-hydrogen) atoms. The van der Waals surface area contributed by atoms with E-state index in [-0.39, 0.29) is 11.9 Å². The highest BCUT2D eigenvalue weighted by atomic mass is 16.2. The second-order valence-corrected chi connectivity index (χ2v) is 6.61. The van der Waals surface area contributed by atoms with E-state index in [1.54, 1.807) is 4.40 Å². The Bertz CT molecular complexity index is 932. The standard InChI is InChI=1S/C19H21N5O/c1-13-7-10-24-17(11-13)21-22-19(24)20-18(25)14(2)23-9-8-15-5-3-4-6-16(15)12-23/h3-7,10-11,14H,8-9,12H2,1-2H3,(H,20,22,25). The number of fused-ring (bicyclic) bond motifs is 2. The van der Waals surface area contributed by atoms with Gasteiger partial charge in [0.05, 0.1) is 6.04 Å². The van der Waals surface area contributed by atoms with E-state index in [1.165, 1.54) is 11.1 Å². The number of aryl methyl sites for hydroxylation is 1. The summed E-state index contributed by atoms with van der Waals surface area (Å²) >= 11 is 0. The fourth-order valence-electron chi connectivity index (χ4n) is 3.31. The minimum Gasteiger partial charge on any atom is -0.293 e. The highest BCUT2D eigenvalue weighted by Gasteiger charge is 2.26. The van der Waals surface area contributed by atoms with Gasteiger partial charge >= 0.3 is 0 Å². The molecule has 0 bridgehead atoms. The topological polar surface area (TPSA) is 62.5 Å². The Morgan fingerprint density at radius 3 is 2.84 bits per heavy atom. The zero-order chi connectivity index (χ0) is 17.4. The molecule has 3 heterocycles. The van der Waals surface area contributed by atoms with E-state index in [1.807, 2.05) is 32.2 Å². The van der Waals surface area contributed by atoms with Crippen LogP contribution in [-0.2, 0) is 17.8 Å². The van der Waals surface area contributed by atoms with E-state index in [9.17, 15) is 4.79 Å². The monoisotopic (exact) mass is 335 g/mol. The van der Waals surface area contributed by atoms with Crippen LogP contribution in [0.2, 0.25) is 0 Å². The summed E-state index contributed by atoms with van der Waals surface area (Å²) in [7, 11) is 0. The van der Waals surface area contributed by atoms with Crippen LogP contribution in [0.5, 0.6) is 0 Å². The number of anilines is 1. The highest BCUT2D eigenvalue weighted by Crippen LogP contribution is 2.21. The van der Waals surface area contributed by atoms with E-state index in [0.717, 1.165) is 30.7 Å². The minimum absolute atomic E-state index is 0.0609. The molecule has 1 amide bonds. The minimum atomic E-state index is -0.230. The second-order valence-electron chi connectivity index (χ2n) is 6.61. The molecule has 0 fully saturated rings. The van der Waals surface area contributed by atoms with E-state index < -0.39 is 0 Å². The first-order valence-electron chi connectivity index (χ1n) is 8.55. The van der Waals surface area contributed by atoms with E-state index in [2.05, 4.69) is 44.7 Å². The molecule has 0 saturated carbocycles. The van der Waals surface area contributed by atoms with Crippen LogP contribution in [0, 0.1) is 6.92 Å². The zero-order valence-corrected chi connectivity index (χ0v) is 14.4. The van der Waals surface area contributed by atoms with Gasteiger partial charge in [-0.05, 0) is 49.1 Å². The van der Waals surface area contributed by atoms with E-state index >= 15 is 0 Å². The molecule has 1 aliphatic rings. The van der Waals surface area contributed by atoms with Gasteiger partial charge in [-0.2, -0.15) is 0 Å². The average Bonchev–Trinajstić information content (AvgIpc) is 3.02. The van der Waals surface area contributed by atoms with Crippen molar-refractivity contribution in [2.45, 2.75) is 32.9 Å². The Kier molecular flexibility index (Phi) is 3.97. The number of nitrogens with one attached hydrogen (secondary N) is 1. The zero-order valence-electron chi connectivity index (χ0n) is 14.4. The lowest BCUT2D eigenvalue weighted by Crippen LogP contribution is -2.44. The average molecular weight is 335 g/mol. The third-order valence-electron chi connectivity index (χ3n) is 4.89. The Morgan fingerprint density at radius 1 is 1.20 bits per heavy atom. The van der Waals surface area contributed by atoms with Gasteiger partial charge in [-0.3, -0.25) is 19.4 Å². The van der Waals surface area contributed by atoms with Crippen molar-refractivity contribution in [2.24, 2.45) is 0 Å². The molecule has 0 spiro atoms. The molecule has 6 heteroatoms. The van der Waals surface area contributed by atoms with Gasteiger partial charge in [0.2, 0.25) is 11.9 Å². The van der Waals surface area contributed by atoms with Crippen molar-refractivity contribution in [3.8, 4) is 0 Å². The fraction of sp³-hybridized carbons (Fsp3) is 0.316. The van der Waals surface area contributed by atoms with Crippen LogP contribution in [0.15, 0.2) is 42.6 Å². The van der Waals surface area contributed by atoms with Crippen molar-refractivity contribution >= 4 is 17.5 Å². The quantitative estimate of drug-likeness (QED) is 0.798. The summed E-state index contributed by atoms with van der Waals surface area (Å²) in [6.45, 7) is 5.62. The van der Waals surface area contributed by atoms with Crippen molar-refractivity contribution in [3.05, 3.63) is 59.3 Å². The van der Waals surface area contributed by atoms with Crippen LogP contribution in [0.3, 0.4) is 0 Å². The van der Waals surface area contributed by atoms with Gasteiger partial charge in [0, 0.05) is 19.3 Å². The largest absolute Gasteiger partial charge is 0.293 e. The molecular weight excluding hydrogens is 314 g/mol. The Hall–Kier alpha value is -2.73. The molecule has 2 aromatic heterocycles. The van der Waals surface area contributed by atoms with Crippen LogP contribution >= 0.6 is 0 Å². The molecule has 1 aliphatic heterocycles. The number of amides is 1. The fourth-order valence-corrected chi connectivity index (χ4v) is 3.31. The van der Waals surface area contributed by atoms with Crippen LogP contribution in [0.1, 0.15) is 23.6 Å². The van der Waals surface area contributed by atoms with Gasteiger partial charge in [0.25, 0.3) is 0 Å². The Morgan fingerprint density at radius 2 is 2.00 bits per heavy atom. The SMILES string of the molecule is Cc1ccn2c(NC(=O)C(C)N3CCc4ccccc4C3)nnc2c1. The maximum atomic E-state index is 12.7. The predicted molar refractivity (Wildman–Crippen MR) is 96.4 cm³/mol. The smallest absolute Gasteiger partial charge is 0.243 e. The molecule has 4 rings (SSSR count). The lowest BCUT2D eigenvalue weighted by atomic mass is 9.99. The van der Waals surface area contributed by atoms with Crippen molar-refractivity contribution < 1.29 is 4.79 Å². The van der Waals surface area contributed by atoms with Crippen molar-refractivity contribution in [1.29, 1.82) is 0 Å². The number of pyridine rings is 1. The van der Waals surface area contributed by atoms with Crippen molar-refractivity contribution in [2.75, 3.05) is 11.9 Å².